The van der Waals surface area contributed by atoms with Gasteiger partial charge in [-0.25, -0.2) is 9.59 Å². The zero-order chi connectivity index (χ0) is 25.1. The molecule has 0 saturated heterocycles. The third-order valence-corrected chi connectivity index (χ3v) is 5.02. The summed E-state index contributed by atoms with van der Waals surface area (Å²) in [7, 11) is -4.13. The van der Waals surface area contributed by atoms with Crippen molar-refractivity contribution >= 4 is 45.5 Å². The molecule has 2 aromatic rings. The number of ether oxygens (including phenoxy) is 2. The number of hydrogen-bond donors (Lipinski definition) is 3. The minimum atomic E-state index is -4.13. The third-order valence-electron chi connectivity index (χ3n) is 3.76. The number of hydrogen-bond acceptors (Lipinski definition) is 8. The molecular formula is C21H24N4O8S. The highest BCUT2D eigenvalue weighted by atomic mass is 32.2. The van der Waals surface area contributed by atoms with Crippen molar-refractivity contribution < 1.29 is 36.5 Å². The molecule has 13 heteroatoms. The van der Waals surface area contributed by atoms with Crippen LogP contribution in [0.25, 0.3) is 0 Å². The second-order valence-corrected chi connectivity index (χ2v) is 7.92. The van der Waals surface area contributed by atoms with Crippen LogP contribution >= 0.6 is 0 Å². The Morgan fingerprint density at radius 2 is 1.59 bits per heavy atom. The van der Waals surface area contributed by atoms with Crippen LogP contribution in [0.5, 0.6) is 5.75 Å². The molecule has 0 bridgehead atoms. The van der Waals surface area contributed by atoms with Gasteiger partial charge in [0.25, 0.3) is 0 Å². The molecule has 34 heavy (non-hydrogen) atoms. The number of nitrogens with zero attached hydrogens (tertiary/aromatic N) is 1. The summed E-state index contributed by atoms with van der Waals surface area (Å²) in [5.74, 6) is -0.928. The molecule has 0 aliphatic heterocycles. The first kappa shape index (κ1) is 26.1. The van der Waals surface area contributed by atoms with Crippen LogP contribution in [0.4, 0.5) is 21.0 Å². The van der Waals surface area contributed by atoms with E-state index in [9.17, 15) is 22.8 Å². The summed E-state index contributed by atoms with van der Waals surface area (Å²) in [6.45, 7) is 4.52. The Hall–Kier alpha value is -4.13. The van der Waals surface area contributed by atoms with Crippen molar-refractivity contribution in [2.75, 3.05) is 23.8 Å². The number of nitrogens with one attached hydrogen (secondary N) is 3. The SMILES string of the molecule is CCOC(=O)N=C(NC(=O)OCC)Nc1ccc(OS(=O)(=O)c2ccccc2)cc1NC(C)=O. The number of amides is 3. The van der Waals surface area contributed by atoms with E-state index in [0.29, 0.717) is 0 Å². The van der Waals surface area contributed by atoms with Crippen LogP contribution in [-0.2, 0) is 24.4 Å². The summed E-state index contributed by atoms with van der Waals surface area (Å²) >= 11 is 0. The van der Waals surface area contributed by atoms with Crippen molar-refractivity contribution in [2.24, 2.45) is 4.99 Å². The molecule has 0 aliphatic carbocycles. The van der Waals surface area contributed by atoms with Crippen molar-refractivity contribution in [2.45, 2.75) is 25.7 Å². The molecule has 0 aromatic heterocycles. The Morgan fingerprint density at radius 3 is 2.21 bits per heavy atom. The van der Waals surface area contributed by atoms with E-state index in [4.69, 9.17) is 13.7 Å². The Kier molecular flexibility index (Phi) is 9.38. The number of carbonyl (C=O) groups is 3. The summed E-state index contributed by atoms with van der Waals surface area (Å²) in [6, 6.07) is 11.4. The summed E-state index contributed by atoms with van der Waals surface area (Å²) in [4.78, 5) is 38.9. The maximum Gasteiger partial charge on any atom is 0.436 e. The number of carbonyl (C=O) groups excluding carboxylic acids is 3. The standard InChI is InChI=1S/C21H24N4O8S/c1-4-31-20(27)24-19(25-21(28)32-5-2)23-17-12-11-15(13-18(17)22-14(3)26)33-34(29,30)16-9-7-6-8-10-16/h6-13H,4-5H2,1-3H3,(H,22,26)(H2,23,24,25,27,28). The maximum absolute atomic E-state index is 12.5. The number of alkyl carbamates (subject to hydrolysis) is 1. The van der Waals surface area contributed by atoms with Gasteiger partial charge < -0.3 is 24.3 Å². The van der Waals surface area contributed by atoms with Gasteiger partial charge >= 0.3 is 22.3 Å². The normalized spacial score (nSPS) is 11.2. The number of anilines is 2. The minimum Gasteiger partial charge on any atom is -0.450 e. The van der Waals surface area contributed by atoms with Gasteiger partial charge in [-0.05, 0) is 38.1 Å². The highest BCUT2D eigenvalue weighted by Crippen LogP contribution is 2.29. The van der Waals surface area contributed by atoms with Crippen molar-refractivity contribution in [1.29, 1.82) is 0 Å². The lowest BCUT2D eigenvalue weighted by molar-refractivity contribution is -0.114. The summed E-state index contributed by atoms with van der Waals surface area (Å²) in [5, 5.41) is 7.43. The molecule has 0 spiro atoms. The molecule has 0 aliphatic rings. The maximum atomic E-state index is 12.5. The minimum absolute atomic E-state index is 0.0497. The summed E-state index contributed by atoms with van der Waals surface area (Å²) < 4.78 is 39.7. The molecule has 3 N–H and O–H groups in total. The van der Waals surface area contributed by atoms with Gasteiger partial charge in [0.2, 0.25) is 11.9 Å². The van der Waals surface area contributed by atoms with Gasteiger partial charge in [0, 0.05) is 13.0 Å². The number of benzene rings is 2. The first-order valence-electron chi connectivity index (χ1n) is 10.0. The molecule has 2 aromatic carbocycles. The Morgan fingerprint density at radius 1 is 0.912 bits per heavy atom. The highest BCUT2D eigenvalue weighted by molar-refractivity contribution is 7.87. The molecule has 0 unspecified atom stereocenters. The van der Waals surface area contributed by atoms with E-state index in [0.717, 1.165) is 0 Å². The average Bonchev–Trinajstić information content (AvgIpc) is 2.76. The van der Waals surface area contributed by atoms with Gasteiger partial charge in [-0.1, -0.05) is 18.2 Å². The summed E-state index contributed by atoms with van der Waals surface area (Å²) in [5.41, 5.74) is 0.231. The zero-order valence-corrected chi connectivity index (χ0v) is 19.5. The molecule has 2 rings (SSSR count). The second-order valence-electron chi connectivity index (χ2n) is 6.37. The van der Waals surface area contributed by atoms with Crippen LogP contribution < -0.4 is 20.1 Å². The largest absolute Gasteiger partial charge is 0.450 e. The first-order chi connectivity index (χ1) is 16.1. The molecule has 182 valence electrons. The Bertz CT molecular complexity index is 1170. The smallest absolute Gasteiger partial charge is 0.436 e. The monoisotopic (exact) mass is 492 g/mol. The van der Waals surface area contributed by atoms with Crippen molar-refractivity contribution in [3.05, 3.63) is 48.5 Å². The lowest BCUT2D eigenvalue weighted by Gasteiger charge is -2.16. The van der Waals surface area contributed by atoms with Crippen LogP contribution in [0, 0.1) is 0 Å². The third kappa shape index (κ3) is 8.09. The second kappa shape index (κ2) is 12.2. The van der Waals surface area contributed by atoms with Gasteiger partial charge in [0.15, 0.2) is 0 Å². The van der Waals surface area contributed by atoms with E-state index in [1.807, 2.05) is 0 Å². The predicted octanol–water partition coefficient (Wildman–Crippen LogP) is 3.08. The molecule has 0 fully saturated rings. The summed E-state index contributed by atoms with van der Waals surface area (Å²) in [6.07, 6.45) is -1.88. The van der Waals surface area contributed by atoms with E-state index < -0.39 is 28.2 Å². The van der Waals surface area contributed by atoms with E-state index in [1.165, 1.54) is 37.3 Å². The van der Waals surface area contributed by atoms with Gasteiger partial charge in [0.1, 0.15) is 10.6 Å². The van der Waals surface area contributed by atoms with Crippen molar-refractivity contribution in [3.63, 3.8) is 0 Å². The van der Waals surface area contributed by atoms with Crippen LogP contribution in [-0.4, -0.2) is 45.7 Å². The topological polar surface area (TPSA) is 161 Å². The number of aliphatic imine (C=N–C) groups is 1. The Labute approximate surface area is 196 Å². The van der Waals surface area contributed by atoms with Crippen molar-refractivity contribution in [1.82, 2.24) is 5.32 Å². The van der Waals surface area contributed by atoms with Gasteiger partial charge in [-0.15, -0.1) is 4.99 Å². The van der Waals surface area contributed by atoms with E-state index in [1.54, 1.807) is 32.0 Å². The van der Waals surface area contributed by atoms with Crippen LogP contribution in [0.3, 0.4) is 0 Å². The van der Waals surface area contributed by atoms with Crippen LogP contribution in [0.15, 0.2) is 58.4 Å². The van der Waals surface area contributed by atoms with E-state index in [-0.39, 0.29) is 41.2 Å². The molecule has 12 nitrogen and oxygen atoms in total. The number of guanidine groups is 1. The number of rotatable bonds is 7. The molecule has 0 atom stereocenters. The molecule has 0 heterocycles. The fourth-order valence-electron chi connectivity index (χ4n) is 2.46. The highest BCUT2D eigenvalue weighted by Gasteiger charge is 2.18. The van der Waals surface area contributed by atoms with Crippen LogP contribution in [0.1, 0.15) is 20.8 Å². The molecule has 0 saturated carbocycles. The quantitative estimate of drug-likeness (QED) is 0.299. The van der Waals surface area contributed by atoms with E-state index >= 15 is 0 Å². The Balaban J connectivity index is 2.37. The van der Waals surface area contributed by atoms with Crippen molar-refractivity contribution in [3.8, 4) is 5.75 Å². The van der Waals surface area contributed by atoms with Gasteiger partial charge in [-0.3, -0.25) is 10.1 Å². The lowest BCUT2D eigenvalue weighted by Crippen LogP contribution is -2.37. The van der Waals surface area contributed by atoms with Gasteiger partial charge in [0.05, 0.1) is 24.6 Å². The van der Waals surface area contributed by atoms with Gasteiger partial charge in [-0.2, -0.15) is 8.42 Å². The lowest BCUT2D eigenvalue weighted by atomic mass is 10.2. The predicted molar refractivity (Wildman–Crippen MR) is 123 cm³/mol. The zero-order valence-electron chi connectivity index (χ0n) is 18.7. The molecular weight excluding hydrogens is 468 g/mol. The fourth-order valence-corrected chi connectivity index (χ4v) is 3.41. The van der Waals surface area contributed by atoms with Crippen LogP contribution in [0.2, 0.25) is 0 Å². The molecule has 0 radical (unpaired) electrons. The van der Waals surface area contributed by atoms with E-state index in [2.05, 4.69) is 20.9 Å². The molecule has 3 amide bonds. The average molecular weight is 493 g/mol. The first-order valence-corrected chi connectivity index (χ1v) is 11.4. The fraction of sp³-hybridized carbons (Fsp3) is 0.238.